The second-order valence-corrected chi connectivity index (χ2v) is 9.27. The van der Waals surface area contributed by atoms with Crippen molar-refractivity contribution in [1.29, 1.82) is 0 Å². The van der Waals surface area contributed by atoms with Crippen molar-refractivity contribution in [1.82, 2.24) is 10.3 Å². The van der Waals surface area contributed by atoms with Crippen molar-refractivity contribution in [2.24, 2.45) is 0 Å². The van der Waals surface area contributed by atoms with Crippen molar-refractivity contribution in [3.63, 3.8) is 0 Å². The Morgan fingerprint density at radius 3 is 2.62 bits per heavy atom. The van der Waals surface area contributed by atoms with Gasteiger partial charge in [-0.15, -0.1) is 0 Å². The molecule has 3 aromatic carbocycles. The molecule has 1 aromatic heterocycles. The number of benzene rings is 3. The zero-order valence-electron chi connectivity index (χ0n) is 19.5. The van der Waals surface area contributed by atoms with Crippen molar-refractivity contribution in [3.8, 4) is 11.5 Å². The first kappa shape index (κ1) is 23.9. The van der Waals surface area contributed by atoms with Crippen LogP contribution in [0.25, 0.3) is 22.6 Å². The lowest BCUT2D eigenvalue weighted by Crippen LogP contribution is -2.34. The molecule has 4 aromatic rings. The molecule has 0 radical (unpaired) electrons. The topological polar surface area (TPSA) is 67.2 Å². The number of anilines is 1. The molecule has 0 saturated carbocycles. The Labute approximate surface area is 209 Å². The lowest BCUT2D eigenvalue weighted by atomic mass is 9.98. The molecular weight excluding hydrogens is 466 g/mol. The normalized spacial score (nSPS) is 11.9. The number of hydrogen-bond donors (Lipinski definition) is 2. The number of aryl methyl sites for hydroxylation is 2. The molecule has 2 N–H and O–H groups in total. The number of aromatic nitrogens is 1. The molecule has 0 fully saturated rings. The number of halogens is 1. The van der Waals surface area contributed by atoms with Gasteiger partial charge >= 0.3 is 0 Å². The second kappa shape index (κ2) is 9.95. The summed E-state index contributed by atoms with van der Waals surface area (Å²) in [5.74, 6) is 0.654. The van der Waals surface area contributed by atoms with Crippen molar-refractivity contribution in [3.05, 3.63) is 81.9 Å². The van der Waals surface area contributed by atoms with Crippen molar-refractivity contribution >= 4 is 51.6 Å². The predicted octanol–water partition coefficient (Wildman–Crippen LogP) is 7.41. The van der Waals surface area contributed by atoms with E-state index >= 15 is 0 Å². The first-order valence-corrected chi connectivity index (χ1v) is 11.9. The van der Waals surface area contributed by atoms with Gasteiger partial charge in [0.2, 0.25) is 5.89 Å². The molecule has 34 heavy (non-hydrogen) atoms. The number of carbonyl (C=O) groups is 1. The van der Waals surface area contributed by atoms with Gasteiger partial charge in [-0.25, -0.2) is 4.98 Å². The highest BCUT2D eigenvalue weighted by Gasteiger charge is 2.14. The van der Waals surface area contributed by atoms with Gasteiger partial charge in [-0.2, -0.15) is 0 Å². The highest BCUT2D eigenvalue weighted by atomic mass is 35.5. The number of rotatable bonds is 5. The third kappa shape index (κ3) is 5.13. The highest BCUT2D eigenvalue weighted by molar-refractivity contribution is 7.80. The van der Waals surface area contributed by atoms with E-state index in [1.54, 1.807) is 18.2 Å². The van der Waals surface area contributed by atoms with Crippen molar-refractivity contribution < 1.29 is 9.21 Å². The fraction of sp³-hybridized carbons (Fsp3) is 0.222. The molecule has 7 heteroatoms. The van der Waals surface area contributed by atoms with Crippen LogP contribution in [0.5, 0.6) is 0 Å². The first-order chi connectivity index (χ1) is 16.2. The van der Waals surface area contributed by atoms with Gasteiger partial charge in [-0.3, -0.25) is 10.1 Å². The van der Waals surface area contributed by atoms with E-state index in [1.807, 2.05) is 38.1 Å². The van der Waals surface area contributed by atoms with Crippen molar-refractivity contribution in [2.45, 2.75) is 40.0 Å². The maximum absolute atomic E-state index is 12.6. The third-order valence-corrected chi connectivity index (χ3v) is 6.58. The summed E-state index contributed by atoms with van der Waals surface area (Å²) in [5, 5.41) is 6.33. The highest BCUT2D eigenvalue weighted by Crippen LogP contribution is 2.31. The van der Waals surface area contributed by atoms with Crippen LogP contribution in [0.1, 0.15) is 53.2 Å². The van der Waals surface area contributed by atoms with Gasteiger partial charge in [-0.05, 0) is 97.6 Å². The Morgan fingerprint density at radius 1 is 1.09 bits per heavy atom. The molecule has 0 spiro atoms. The van der Waals surface area contributed by atoms with Gasteiger partial charge in [0.1, 0.15) is 5.52 Å². The summed E-state index contributed by atoms with van der Waals surface area (Å²) in [6, 6.07) is 17.0. The smallest absolute Gasteiger partial charge is 0.257 e. The molecule has 5 nitrogen and oxygen atoms in total. The molecule has 0 aliphatic rings. The zero-order valence-corrected chi connectivity index (χ0v) is 21.1. The van der Waals surface area contributed by atoms with E-state index < -0.39 is 0 Å². The first-order valence-electron chi connectivity index (χ1n) is 11.1. The van der Waals surface area contributed by atoms with Crippen LogP contribution in [0.4, 0.5) is 5.69 Å². The van der Waals surface area contributed by atoms with Gasteiger partial charge in [0.15, 0.2) is 10.7 Å². The van der Waals surface area contributed by atoms with Gasteiger partial charge in [0, 0.05) is 11.1 Å². The van der Waals surface area contributed by atoms with Gasteiger partial charge in [-0.1, -0.05) is 37.6 Å². The Morgan fingerprint density at radius 2 is 1.88 bits per heavy atom. The average Bonchev–Trinajstić information content (AvgIpc) is 3.25. The SMILES string of the molecule is CCC(C)c1ccc2oc(-c3ccc(Cl)c(NC(=S)NC(=O)c4ccc(C)c(C)c4)c3)nc2c1. The summed E-state index contributed by atoms with van der Waals surface area (Å²) in [4.78, 5) is 17.3. The molecule has 4 rings (SSSR count). The number of carbonyl (C=O) groups excluding carboxylic acids is 1. The Bertz CT molecular complexity index is 1400. The van der Waals surface area contributed by atoms with Gasteiger partial charge in [0.05, 0.1) is 10.7 Å². The quantitative estimate of drug-likeness (QED) is 0.284. The summed E-state index contributed by atoms with van der Waals surface area (Å²) in [7, 11) is 0. The Hall–Kier alpha value is -3.22. The van der Waals surface area contributed by atoms with Crippen LogP contribution >= 0.6 is 23.8 Å². The summed E-state index contributed by atoms with van der Waals surface area (Å²) >= 11 is 11.7. The molecule has 0 saturated heterocycles. The maximum atomic E-state index is 12.6. The van der Waals surface area contributed by atoms with Crippen LogP contribution in [0.15, 0.2) is 59.0 Å². The van der Waals surface area contributed by atoms with Crippen LogP contribution in [-0.2, 0) is 0 Å². The van der Waals surface area contributed by atoms with Crippen LogP contribution in [0.2, 0.25) is 5.02 Å². The third-order valence-electron chi connectivity index (χ3n) is 6.05. The fourth-order valence-corrected chi connectivity index (χ4v) is 3.94. The van der Waals surface area contributed by atoms with Crippen molar-refractivity contribution in [2.75, 3.05) is 5.32 Å². The van der Waals surface area contributed by atoms with E-state index in [9.17, 15) is 4.79 Å². The molecule has 1 amide bonds. The molecule has 0 bridgehead atoms. The monoisotopic (exact) mass is 491 g/mol. The number of hydrogen-bond acceptors (Lipinski definition) is 4. The van der Waals surface area contributed by atoms with Crippen LogP contribution in [0, 0.1) is 13.8 Å². The fourth-order valence-electron chi connectivity index (χ4n) is 3.58. The van der Waals surface area contributed by atoms with E-state index in [0.29, 0.717) is 28.1 Å². The minimum absolute atomic E-state index is 0.151. The second-order valence-electron chi connectivity index (χ2n) is 8.46. The summed E-state index contributed by atoms with van der Waals surface area (Å²) in [5.41, 5.74) is 6.77. The standard InChI is InChI=1S/C27H26ClN3O2S/c1-5-15(2)18-9-11-24-23(13-18)29-26(33-24)20-8-10-21(28)22(14-20)30-27(34)31-25(32)19-7-6-16(3)17(4)12-19/h6-15H,5H2,1-4H3,(H2,30,31,32,34). The zero-order chi connectivity index (χ0) is 24.4. The van der Waals surface area contributed by atoms with E-state index in [1.165, 1.54) is 5.56 Å². The minimum atomic E-state index is -0.288. The lowest BCUT2D eigenvalue weighted by molar-refractivity contribution is 0.0977. The number of nitrogens with zero attached hydrogens (tertiary/aromatic N) is 1. The van der Waals surface area contributed by atoms with Crippen LogP contribution in [0.3, 0.4) is 0 Å². The predicted molar refractivity (Wildman–Crippen MR) is 143 cm³/mol. The largest absolute Gasteiger partial charge is 0.436 e. The molecule has 174 valence electrons. The van der Waals surface area contributed by atoms with E-state index in [-0.39, 0.29) is 11.0 Å². The average molecular weight is 492 g/mol. The Kier molecular flexibility index (Phi) is 7.00. The summed E-state index contributed by atoms with van der Waals surface area (Å²) in [6.07, 6.45) is 1.06. The molecule has 1 heterocycles. The van der Waals surface area contributed by atoms with Gasteiger partial charge < -0.3 is 9.73 Å². The lowest BCUT2D eigenvalue weighted by Gasteiger charge is -2.12. The maximum Gasteiger partial charge on any atom is 0.257 e. The number of amides is 1. The molecule has 0 aliphatic carbocycles. The number of nitrogens with one attached hydrogen (secondary N) is 2. The van der Waals surface area contributed by atoms with E-state index in [0.717, 1.165) is 34.2 Å². The molecular formula is C27H26ClN3O2S. The molecule has 0 aliphatic heterocycles. The Balaban J connectivity index is 1.53. The number of thiocarbonyl (C=S) groups is 1. The minimum Gasteiger partial charge on any atom is -0.436 e. The van der Waals surface area contributed by atoms with E-state index in [2.05, 4.69) is 41.6 Å². The number of oxazole rings is 1. The van der Waals surface area contributed by atoms with Crippen LogP contribution < -0.4 is 10.6 Å². The van der Waals surface area contributed by atoms with Crippen LogP contribution in [-0.4, -0.2) is 16.0 Å². The number of fused-ring (bicyclic) bond motifs is 1. The molecule has 1 atom stereocenters. The summed E-state index contributed by atoms with van der Waals surface area (Å²) < 4.78 is 5.98. The summed E-state index contributed by atoms with van der Waals surface area (Å²) in [6.45, 7) is 8.33. The van der Waals surface area contributed by atoms with Gasteiger partial charge in [0.25, 0.3) is 5.91 Å². The van der Waals surface area contributed by atoms with E-state index in [4.69, 9.17) is 28.2 Å². The molecule has 1 unspecified atom stereocenters.